The Morgan fingerprint density at radius 1 is 0.433 bits per heavy atom. The molecule has 0 saturated carbocycles. The fourth-order valence-corrected chi connectivity index (χ4v) is 3.26. The predicted octanol–water partition coefficient (Wildman–Crippen LogP) is 8.63. The molecule has 0 spiro atoms. The molecular weight excluding hydrogens is 380 g/mol. The molecule has 0 nitrogen and oxygen atoms in total. The zero-order chi connectivity index (χ0) is 21.2. The Balaban J connectivity index is 0.000000152. The average molecular weight is 409 g/mol. The van der Waals surface area contributed by atoms with E-state index in [9.17, 15) is 0 Å². The van der Waals surface area contributed by atoms with Crippen molar-refractivity contribution in [2.45, 2.75) is 6.92 Å². The van der Waals surface area contributed by atoms with E-state index < -0.39 is 0 Å². The largest absolute Gasteiger partial charge is 0.169 e. The van der Waals surface area contributed by atoms with E-state index in [1.54, 1.807) is 11.8 Å². The molecule has 1 heteroatoms. The lowest BCUT2D eigenvalue weighted by atomic mass is 10.0. The van der Waals surface area contributed by atoms with Crippen LogP contribution in [-0.2, 0) is 0 Å². The first-order valence-corrected chi connectivity index (χ1v) is 11.7. The SMILES string of the molecule is CSC.Cc1ccc(-c2ccccc2)cc1.c1ccc2cc3ccccc3cc2c1. The highest BCUT2D eigenvalue weighted by Gasteiger charge is 1.95. The fourth-order valence-electron chi connectivity index (χ4n) is 3.26. The van der Waals surface area contributed by atoms with Crippen LogP contribution in [0.1, 0.15) is 5.56 Å². The molecule has 0 bridgehead atoms. The zero-order valence-electron chi connectivity index (χ0n) is 17.9. The summed E-state index contributed by atoms with van der Waals surface area (Å²) in [5.74, 6) is 0. The zero-order valence-corrected chi connectivity index (χ0v) is 18.7. The normalized spacial score (nSPS) is 9.97. The summed E-state index contributed by atoms with van der Waals surface area (Å²) in [5, 5.41) is 5.25. The number of aryl methyl sites for hydroxylation is 1. The molecule has 0 aliphatic carbocycles. The van der Waals surface area contributed by atoms with Gasteiger partial charge in [0.15, 0.2) is 0 Å². The van der Waals surface area contributed by atoms with Crippen LogP contribution in [0.2, 0.25) is 0 Å². The van der Waals surface area contributed by atoms with Gasteiger partial charge in [-0.3, -0.25) is 0 Å². The average Bonchev–Trinajstić information content (AvgIpc) is 2.80. The maximum Gasteiger partial charge on any atom is -0.0178 e. The van der Waals surface area contributed by atoms with Crippen molar-refractivity contribution in [1.82, 2.24) is 0 Å². The maximum atomic E-state index is 2.24. The fraction of sp³-hybridized carbons (Fsp3) is 0.103. The Hall–Kier alpha value is -3.03. The second kappa shape index (κ2) is 11.2. The summed E-state index contributed by atoms with van der Waals surface area (Å²) in [5.41, 5.74) is 3.87. The number of hydrogen-bond donors (Lipinski definition) is 0. The molecule has 0 fully saturated rings. The highest BCUT2D eigenvalue weighted by molar-refractivity contribution is 7.97. The molecular formula is C29H28S. The lowest BCUT2D eigenvalue weighted by Crippen LogP contribution is -1.76. The van der Waals surface area contributed by atoms with Crippen LogP contribution >= 0.6 is 11.8 Å². The van der Waals surface area contributed by atoms with Crippen LogP contribution < -0.4 is 0 Å². The number of thioether (sulfide) groups is 1. The standard InChI is InChI=1S/C14H10.C13H12.C2H6S/c1-2-6-12-10-14-8-4-3-7-13(14)9-11(12)5-1;1-11-7-9-13(10-8-11)12-5-3-2-4-6-12;1-3-2/h1-10H;2-10H,1H3;1-2H3. The van der Waals surface area contributed by atoms with Gasteiger partial charge in [-0.25, -0.2) is 0 Å². The third-order valence-corrected chi connectivity index (χ3v) is 4.77. The molecule has 0 aromatic heterocycles. The van der Waals surface area contributed by atoms with E-state index in [1.165, 1.54) is 38.2 Å². The van der Waals surface area contributed by atoms with Crippen molar-refractivity contribution in [3.05, 3.63) is 121 Å². The lowest BCUT2D eigenvalue weighted by Gasteiger charge is -2.00. The molecule has 0 saturated heterocycles. The monoisotopic (exact) mass is 408 g/mol. The molecule has 0 unspecified atom stereocenters. The van der Waals surface area contributed by atoms with Gasteiger partial charge in [-0.05, 0) is 64.2 Å². The highest BCUT2D eigenvalue weighted by atomic mass is 32.2. The predicted molar refractivity (Wildman–Crippen MR) is 138 cm³/mol. The van der Waals surface area contributed by atoms with Crippen LogP contribution in [0.5, 0.6) is 0 Å². The lowest BCUT2D eigenvalue weighted by molar-refractivity contribution is 1.47. The highest BCUT2D eigenvalue weighted by Crippen LogP contribution is 2.22. The Labute approximate surface area is 184 Å². The van der Waals surface area contributed by atoms with Crippen LogP contribution in [0, 0.1) is 6.92 Å². The van der Waals surface area contributed by atoms with E-state index in [0.29, 0.717) is 0 Å². The van der Waals surface area contributed by atoms with E-state index in [4.69, 9.17) is 0 Å². The third kappa shape index (κ3) is 5.98. The minimum atomic E-state index is 1.28. The van der Waals surface area contributed by atoms with Crippen LogP contribution in [0.15, 0.2) is 115 Å². The summed E-state index contributed by atoms with van der Waals surface area (Å²) >= 11 is 1.75. The van der Waals surface area contributed by atoms with Gasteiger partial charge in [0, 0.05) is 0 Å². The molecule has 0 aliphatic rings. The van der Waals surface area contributed by atoms with E-state index in [2.05, 4.69) is 116 Å². The van der Waals surface area contributed by atoms with Crippen molar-refractivity contribution in [2.24, 2.45) is 0 Å². The number of rotatable bonds is 1. The van der Waals surface area contributed by atoms with Crippen LogP contribution in [0.4, 0.5) is 0 Å². The van der Waals surface area contributed by atoms with Crippen molar-refractivity contribution < 1.29 is 0 Å². The third-order valence-electron chi connectivity index (χ3n) is 4.77. The van der Waals surface area contributed by atoms with Crippen molar-refractivity contribution in [3.63, 3.8) is 0 Å². The van der Waals surface area contributed by atoms with E-state index in [0.717, 1.165) is 0 Å². The van der Waals surface area contributed by atoms with Gasteiger partial charge in [0.05, 0.1) is 0 Å². The summed E-state index contributed by atoms with van der Waals surface area (Å²) < 4.78 is 0. The molecule has 0 radical (unpaired) electrons. The Kier molecular flexibility index (Phi) is 8.11. The minimum absolute atomic E-state index is 1.28. The summed E-state index contributed by atoms with van der Waals surface area (Å²) in [7, 11) is 0. The number of fused-ring (bicyclic) bond motifs is 2. The summed E-state index contributed by atoms with van der Waals surface area (Å²) in [6.07, 6.45) is 4.08. The molecule has 0 amide bonds. The van der Waals surface area contributed by atoms with Crippen molar-refractivity contribution >= 4 is 33.3 Å². The molecule has 5 rings (SSSR count). The summed E-state index contributed by atoms with van der Waals surface area (Å²) in [6.45, 7) is 2.11. The van der Waals surface area contributed by atoms with E-state index in [-0.39, 0.29) is 0 Å². The van der Waals surface area contributed by atoms with Gasteiger partial charge >= 0.3 is 0 Å². The molecule has 0 N–H and O–H groups in total. The summed E-state index contributed by atoms with van der Waals surface area (Å²) in [6, 6.07) is 40.4. The first kappa shape index (κ1) is 21.7. The molecule has 5 aromatic carbocycles. The second-order valence-corrected chi connectivity index (χ2v) is 8.00. The quantitative estimate of drug-likeness (QED) is 0.250. The van der Waals surface area contributed by atoms with Gasteiger partial charge in [0.25, 0.3) is 0 Å². The number of benzene rings is 5. The van der Waals surface area contributed by atoms with E-state index in [1.807, 2.05) is 18.6 Å². The Morgan fingerprint density at radius 2 is 0.767 bits per heavy atom. The van der Waals surface area contributed by atoms with Gasteiger partial charge in [-0.2, -0.15) is 11.8 Å². The second-order valence-electron chi connectivity index (χ2n) is 7.19. The van der Waals surface area contributed by atoms with Crippen molar-refractivity contribution in [3.8, 4) is 11.1 Å². The smallest absolute Gasteiger partial charge is 0.0178 e. The van der Waals surface area contributed by atoms with Crippen LogP contribution in [-0.4, -0.2) is 12.5 Å². The summed E-state index contributed by atoms with van der Waals surface area (Å²) in [4.78, 5) is 0. The number of hydrogen-bond acceptors (Lipinski definition) is 1. The molecule has 30 heavy (non-hydrogen) atoms. The van der Waals surface area contributed by atoms with E-state index >= 15 is 0 Å². The Bertz CT molecular complexity index is 1070. The van der Waals surface area contributed by atoms with Gasteiger partial charge < -0.3 is 0 Å². The van der Waals surface area contributed by atoms with Crippen LogP contribution in [0.25, 0.3) is 32.7 Å². The minimum Gasteiger partial charge on any atom is -0.169 e. The van der Waals surface area contributed by atoms with Gasteiger partial charge in [-0.1, -0.05) is 109 Å². The topological polar surface area (TPSA) is 0 Å². The van der Waals surface area contributed by atoms with Crippen LogP contribution in [0.3, 0.4) is 0 Å². The first-order chi connectivity index (χ1) is 14.7. The molecule has 0 atom stereocenters. The molecule has 0 heterocycles. The van der Waals surface area contributed by atoms with Gasteiger partial charge in [0.1, 0.15) is 0 Å². The maximum absolute atomic E-state index is 2.24. The van der Waals surface area contributed by atoms with Crippen molar-refractivity contribution in [2.75, 3.05) is 12.5 Å². The van der Waals surface area contributed by atoms with Gasteiger partial charge in [-0.15, -0.1) is 0 Å². The van der Waals surface area contributed by atoms with Crippen molar-refractivity contribution in [1.29, 1.82) is 0 Å². The molecule has 5 aromatic rings. The first-order valence-electron chi connectivity index (χ1n) is 10.1. The van der Waals surface area contributed by atoms with Gasteiger partial charge in [0.2, 0.25) is 0 Å². The molecule has 150 valence electrons. The Morgan fingerprint density at radius 3 is 1.17 bits per heavy atom. The molecule has 0 aliphatic heterocycles.